The summed E-state index contributed by atoms with van der Waals surface area (Å²) in [7, 11) is 0. The fraction of sp³-hybridized carbons (Fsp3) is 0.476. The van der Waals surface area contributed by atoms with Gasteiger partial charge in [0, 0.05) is 6.42 Å². The van der Waals surface area contributed by atoms with Gasteiger partial charge in [0.25, 0.3) is 5.91 Å². The van der Waals surface area contributed by atoms with E-state index < -0.39 is 48.4 Å². The van der Waals surface area contributed by atoms with Crippen LogP contribution in [0.25, 0.3) is 0 Å². The Morgan fingerprint density at radius 1 is 1.19 bits per heavy atom. The molecule has 1 aromatic rings. The largest absolute Gasteiger partial charge is 0.481 e. The van der Waals surface area contributed by atoms with Crippen LogP contribution in [0.5, 0.6) is 0 Å². The topological polar surface area (TPSA) is 143 Å². The Labute approximate surface area is 180 Å². The second-order valence-corrected chi connectivity index (χ2v) is 7.58. The van der Waals surface area contributed by atoms with E-state index in [-0.39, 0.29) is 18.9 Å². The molecule has 1 aliphatic heterocycles. The zero-order chi connectivity index (χ0) is 23.0. The molecule has 2 amide bonds. The number of oxime groups is 1. The summed E-state index contributed by atoms with van der Waals surface area (Å²) in [4.78, 5) is 52.2. The van der Waals surface area contributed by atoms with E-state index in [0.29, 0.717) is 5.71 Å². The molecule has 3 N–H and O–H groups in total. The van der Waals surface area contributed by atoms with Crippen LogP contribution in [0.4, 0.5) is 4.79 Å². The van der Waals surface area contributed by atoms with Gasteiger partial charge in [0.15, 0.2) is 5.78 Å². The molecule has 0 bridgehead atoms. The van der Waals surface area contributed by atoms with Crippen molar-refractivity contribution in [3.8, 4) is 0 Å². The molecule has 168 valence electrons. The SMILES string of the molecule is CC(=O)[C@H](CC(=O)O)NC(=O)C1CC([C@@H](NC(=O)OCc2ccccc2)C(C)C)=NO1. The number of carbonyl (C=O) groups is 4. The van der Waals surface area contributed by atoms with Crippen molar-refractivity contribution in [3.05, 3.63) is 35.9 Å². The lowest BCUT2D eigenvalue weighted by Gasteiger charge is -2.21. The number of carboxylic acids is 1. The highest BCUT2D eigenvalue weighted by molar-refractivity contribution is 5.98. The van der Waals surface area contributed by atoms with Crippen LogP contribution in [0.2, 0.25) is 0 Å². The smallest absolute Gasteiger partial charge is 0.408 e. The average molecular weight is 433 g/mol. The molecule has 1 aliphatic rings. The number of ether oxygens (including phenoxy) is 1. The third-order valence-electron chi connectivity index (χ3n) is 4.68. The molecule has 0 fully saturated rings. The van der Waals surface area contributed by atoms with Gasteiger partial charge in [-0.2, -0.15) is 0 Å². The Kier molecular flexibility index (Phi) is 8.53. The monoisotopic (exact) mass is 433 g/mol. The second kappa shape index (κ2) is 11.1. The molecule has 0 spiro atoms. The van der Waals surface area contributed by atoms with Gasteiger partial charge in [-0.05, 0) is 18.4 Å². The number of alkyl carbamates (subject to hydrolysis) is 1. The van der Waals surface area contributed by atoms with Crippen LogP contribution in [-0.2, 0) is 30.6 Å². The van der Waals surface area contributed by atoms with E-state index in [4.69, 9.17) is 14.7 Å². The third-order valence-corrected chi connectivity index (χ3v) is 4.68. The van der Waals surface area contributed by atoms with Crippen LogP contribution in [0.3, 0.4) is 0 Å². The number of benzene rings is 1. The summed E-state index contributed by atoms with van der Waals surface area (Å²) >= 11 is 0. The van der Waals surface area contributed by atoms with E-state index in [2.05, 4.69) is 15.8 Å². The minimum absolute atomic E-state index is 0.0644. The first-order valence-electron chi connectivity index (χ1n) is 9.89. The minimum atomic E-state index is -1.21. The lowest BCUT2D eigenvalue weighted by molar-refractivity contribution is -0.141. The lowest BCUT2D eigenvalue weighted by atomic mass is 9.95. The molecule has 1 unspecified atom stereocenters. The molecule has 0 aliphatic carbocycles. The fourth-order valence-electron chi connectivity index (χ4n) is 2.98. The molecular formula is C21H27N3O7. The summed E-state index contributed by atoms with van der Waals surface area (Å²) in [6.45, 7) is 5.06. The molecule has 1 aromatic carbocycles. The maximum Gasteiger partial charge on any atom is 0.408 e. The predicted octanol–water partition coefficient (Wildman–Crippen LogP) is 1.63. The Hall–Kier alpha value is -3.43. The van der Waals surface area contributed by atoms with Crippen LogP contribution >= 0.6 is 0 Å². The number of carboxylic acid groups (broad SMARTS) is 1. The molecule has 1 heterocycles. The standard InChI is InChI=1S/C21H27N3O7/c1-12(2)19(23-21(29)30-11-14-7-5-4-6-8-14)16-9-17(31-24-16)20(28)22-15(13(3)25)10-18(26)27/h4-8,12,15,17,19H,9-11H2,1-3H3,(H,22,28)(H,23,29)(H,26,27)/t15-,17?,19-/m0/s1. The predicted molar refractivity (Wildman–Crippen MR) is 110 cm³/mol. The Morgan fingerprint density at radius 2 is 1.87 bits per heavy atom. The van der Waals surface area contributed by atoms with Gasteiger partial charge in [-0.1, -0.05) is 49.3 Å². The van der Waals surface area contributed by atoms with Crippen molar-refractivity contribution in [2.75, 3.05) is 0 Å². The number of aliphatic carboxylic acids is 1. The van der Waals surface area contributed by atoms with Gasteiger partial charge in [0.1, 0.15) is 6.61 Å². The van der Waals surface area contributed by atoms with Crippen LogP contribution in [-0.4, -0.2) is 52.8 Å². The zero-order valence-corrected chi connectivity index (χ0v) is 17.7. The zero-order valence-electron chi connectivity index (χ0n) is 17.7. The van der Waals surface area contributed by atoms with Gasteiger partial charge in [0.05, 0.1) is 24.2 Å². The maximum atomic E-state index is 12.4. The summed E-state index contributed by atoms with van der Waals surface area (Å²) in [5, 5.41) is 17.9. The number of nitrogens with zero attached hydrogens (tertiary/aromatic N) is 1. The van der Waals surface area contributed by atoms with E-state index in [1.165, 1.54) is 6.92 Å². The van der Waals surface area contributed by atoms with Crippen molar-refractivity contribution in [1.82, 2.24) is 10.6 Å². The van der Waals surface area contributed by atoms with Crippen molar-refractivity contribution in [1.29, 1.82) is 0 Å². The molecule has 0 saturated heterocycles. The lowest BCUT2D eigenvalue weighted by Crippen LogP contribution is -2.47. The molecule has 2 rings (SSSR count). The van der Waals surface area contributed by atoms with Crippen molar-refractivity contribution in [3.63, 3.8) is 0 Å². The highest BCUT2D eigenvalue weighted by Gasteiger charge is 2.35. The van der Waals surface area contributed by atoms with Crippen LogP contribution in [0.1, 0.15) is 39.2 Å². The van der Waals surface area contributed by atoms with Gasteiger partial charge < -0.3 is 25.3 Å². The summed E-state index contributed by atoms with van der Waals surface area (Å²) in [6, 6.07) is 7.55. The van der Waals surface area contributed by atoms with Crippen molar-refractivity contribution in [2.24, 2.45) is 11.1 Å². The summed E-state index contributed by atoms with van der Waals surface area (Å²) < 4.78 is 5.24. The number of carbonyl (C=O) groups excluding carboxylic acids is 3. The van der Waals surface area contributed by atoms with Gasteiger partial charge >= 0.3 is 12.1 Å². The Bertz CT molecular complexity index is 839. The van der Waals surface area contributed by atoms with Crippen LogP contribution in [0.15, 0.2) is 35.5 Å². The van der Waals surface area contributed by atoms with Crippen molar-refractivity contribution < 1.29 is 33.9 Å². The quantitative estimate of drug-likeness (QED) is 0.509. The van der Waals surface area contributed by atoms with Crippen LogP contribution in [0, 0.1) is 5.92 Å². The number of Topliss-reactive ketones (excluding diaryl/α,β-unsaturated/α-hetero) is 1. The Morgan fingerprint density at radius 3 is 2.45 bits per heavy atom. The van der Waals surface area contributed by atoms with Gasteiger partial charge in [-0.3, -0.25) is 14.4 Å². The summed E-state index contributed by atoms with van der Waals surface area (Å²) in [5.41, 5.74) is 1.29. The van der Waals surface area contributed by atoms with E-state index in [0.717, 1.165) is 5.56 Å². The normalized spacial score (nSPS) is 17.2. The summed E-state index contributed by atoms with van der Waals surface area (Å²) in [5.74, 6) is -2.39. The highest BCUT2D eigenvalue weighted by atomic mass is 16.6. The van der Waals surface area contributed by atoms with Gasteiger partial charge in [-0.25, -0.2) is 4.79 Å². The molecule has 31 heavy (non-hydrogen) atoms. The van der Waals surface area contributed by atoms with Crippen molar-refractivity contribution >= 4 is 29.5 Å². The van der Waals surface area contributed by atoms with E-state index >= 15 is 0 Å². The molecule has 10 heteroatoms. The number of hydrogen-bond acceptors (Lipinski definition) is 7. The minimum Gasteiger partial charge on any atom is -0.481 e. The molecule has 10 nitrogen and oxygen atoms in total. The van der Waals surface area contributed by atoms with Gasteiger partial charge in [0.2, 0.25) is 6.10 Å². The average Bonchev–Trinajstić information content (AvgIpc) is 3.20. The number of rotatable bonds is 10. The van der Waals surface area contributed by atoms with Crippen molar-refractivity contribution in [2.45, 2.75) is 58.4 Å². The van der Waals surface area contributed by atoms with E-state index in [9.17, 15) is 19.2 Å². The molecule has 0 saturated carbocycles. The Balaban J connectivity index is 1.91. The van der Waals surface area contributed by atoms with Gasteiger partial charge in [-0.15, -0.1) is 0 Å². The first kappa shape index (κ1) is 23.8. The molecule has 0 radical (unpaired) electrons. The molecule has 3 atom stereocenters. The fourth-order valence-corrected chi connectivity index (χ4v) is 2.98. The number of nitrogens with one attached hydrogen (secondary N) is 2. The number of hydrogen-bond donors (Lipinski definition) is 3. The maximum absolute atomic E-state index is 12.4. The second-order valence-electron chi connectivity index (χ2n) is 7.58. The van der Waals surface area contributed by atoms with E-state index in [1.807, 2.05) is 44.2 Å². The highest BCUT2D eigenvalue weighted by Crippen LogP contribution is 2.18. The van der Waals surface area contributed by atoms with Crippen LogP contribution < -0.4 is 10.6 Å². The molecule has 0 aromatic heterocycles. The first-order valence-corrected chi connectivity index (χ1v) is 9.89. The summed E-state index contributed by atoms with van der Waals surface area (Å²) in [6.07, 6.45) is -2.08. The third kappa shape index (κ3) is 7.40. The van der Waals surface area contributed by atoms with E-state index in [1.54, 1.807) is 0 Å². The number of amides is 2. The number of ketones is 1. The first-order chi connectivity index (χ1) is 14.7. The molecular weight excluding hydrogens is 406 g/mol.